The Bertz CT molecular complexity index is 1140. The summed E-state index contributed by atoms with van der Waals surface area (Å²) in [5.74, 6) is 1.32. The molecule has 2 aliphatic rings. The molecule has 2 N–H and O–H groups in total. The van der Waals surface area contributed by atoms with Crippen LogP contribution in [0.2, 0.25) is 0 Å². The Kier molecular flexibility index (Phi) is 7.11. The Morgan fingerprint density at radius 2 is 1.74 bits per heavy atom. The van der Waals surface area contributed by atoms with Gasteiger partial charge < -0.3 is 25.0 Å². The molecule has 2 unspecified atom stereocenters. The predicted octanol–water partition coefficient (Wildman–Crippen LogP) is 2.48. The highest BCUT2D eigenvalue weighted by atomic mass is 16.6. The molecule has 0 spiro atoms. The minimum absolute atomic E-state index is 0.0357. The Morgan fingerprint density at radius 1 is 1.09 bits per heavy atom. The number of nitrogens with two attached hydrogens (primary N) is 1. The predicted molar refractivity (Wildman–Crippen MR) is 136 cm³/mol. The van der Waals surface area contributed by atoms with Crippen molar-refractivity contribution in [2.24, 2.45) is 10.7 Å². The maximum Gasteiger partial charge on any atom is 0.253 e. The average molecular weight is 479 g/mol. The Morgan fingerprint density at radius 3 is 2.40 bits per heavy atom. The van der Waals surface area contributed by atoms with E-state index in [-0.39, 0.29) is 12.1 Å². The van der Waals surface area contributed by atoms with Gasteiger partial charge in [0, 0.05) is 46.4 Å². The lowest BCUT2D eigenvalue weighted by molar-refractivity contribution is 0.0127. The fraction of sp³-hybridized carbons (Fsp3) is 0.385. The van der Waals surface area contributed by atoms with Crippen molar-refractivity contribution in [2.45, 2.75) is 19.4 Å². The first kappa shape index (κ1) is 24.7. The fourth-order valence-electron chi connectivity index (χ4n) is 4.26. The number of rotatable bonds is 6. The van der Waals surface area contributed by atoms with Gasteiger partial charge in [0.25, 0.3) is 5.91 Å². The summed E-state index contributed by atoms with van der Waals surface area (Å²) in [4.78, 5) is 20.7. The smallest absolute Gasteiger partial charge is 0.253 e. The zero-order valence-electron chi connectivity index (χ0n) is 21.2. The molecule has 9 nitrogen and oxygen atoms in total. The van der Waals surface area contributed by atoms with E-state index in [0.29, 0.717) is 30.2 Å². The summed E-state index contributed by atoms with van der Waals surface area (Å²) >= 11 is 0. The number of para-hydroxylation sites is 1. The Hall–Kier alpha value is -3.40. The van der Waals surface area contributed by atoms with E-state index in [1.165, 1.54) is 0 Å². The van der Waals surface area contributed by atoms with Gasteiger partial charge in [-0.05, 0) is 30.7 Å². The first-order chi connectivity index (χ1) is 16.7. The van der Waals surface area contributed by atoms with Gasteiger partial charge in [0.2, 0.25) is 0 Å². The maximum atomic E-state index is 12.3. The van der Waals surface area contributed by atoms with E-state index in [1.54, 1.807) is 19.0 Å². The summed E-state index contributed by atoms with van der Waals surface area (Å²) in [6.07, 6.45) is -0.831. The molecule has 2 aromatic carbocycles. The normalized spacial score (nSPS) is 21.3. The summed E-state index contributed by atoms with van der Waals surface area (Å²) in [6, 6.07) is 15.4. The molecule has 1 amide bonds. The number of hydrogen-bond acceptors (Lipinski definition) is 8. The molecule has 35 heavy (non-hydrogen) atoms. The summed E-state index contributed by atoms with van der Waals surface area (Å²) in [5.41, 5.74) is 10.5. The molecule has 2 heterocycles. The largest absolute Gasteiger partial charge is 0.493 e. The number of nitrogens with zero attached hydrogens (tertiary/aromatic N) is 5. The highest BCUT2D eigenvalue weighted by Crippen LogP contribution is 2.39. The molecule has 0 saturated carbocycles. The topological polar surface area (TPSA) is 86.9 Å². The minimum Gasteiger partial charge on any atom is -0.493 e. The number of hydrogen-bond donors (Lipinski definition) is 1. The van der Waals surface area contributed by atoms with Gasteiger partial charge in [-0.3, -0.25) is 4.79 Å². The molecule has 1 saturated heterocycles. The standard InChI is InChI=1S/C26H34N6O3/c1-7-34-21-11-9-8-10-19(21)25-31(5)32(6)26(35-25)22-23(27)30(4)16-20(28-22)17-12-14-18(15-13-17)24(33)29(2)3/h8-15,25-26H,7,16,27H2,1-6H3. The molecule has 0 radical (unpaired) electrons. The minimum atomic E-state index is -0.480. The lowest BCUT2D eigenvalue weighted by Gasteiger charge is -2.31. The Balaban J connectivity index is 1.64. The molecular formula is C26H34N6O3. The van der Waals surface area contributed by atoms with Crippen LogP contribution in [0.5, 0.6) is 5.75 Å². The molecule has 186 valence electrons. The second-order valence-electron chi connectivity index (χ2n) is 8.92. The highest BCUT2D eigenvalue weighted by Gasteiger charge is 2.42. The molecule has 9 heteroatoms. The third-order valence-corrected chi connectivity index (χ3v) is 6.34. The van der Waals surface area contributed by atoms with Crippen LogP contribution < -0.4 is 10.5 Å². The monoisotopic (exact) mass is 478 g/mol. The summed E-state index contributed by atoms with van der Waals surface area (Å²) in [5, 5.41) is 4.02. The Labute approximate surface area is 207 Å². The molecule has 2 aromatic rings. The van der Waals surface area contributed by atoms with Gasteiger partial charge >= 0.3 is 0 Å². The van der Waals surface area contributed by atoms with Gasteiger partial charge in [-0.1, -0.05) is 30.3 Å². The van der Waals surface area contributed by atoms with Crippen LogP contribution in [0, 0.1) is 0 Å². The number of aliphatic imine (C=N–C) groups is 1. The molecule has 1 fully saturated rings. The molecule has 2 atom stereocenters. The molecule has 0 aliphatic carbocycles. The van der Waals surface area contributed by atoms with Crippen LogP contribution in [-0.4, -0.2) is 86.1 Å². The first-order valence-electron chi connectivity index (χ1n) is 11.7. The van der Waals surface area contributed by atoms with Crippen molar-refractivity contribution in [1.29, 1.82) is 0 Å². The number of hydrazine groups is 1. The van der Waals surface area contributed by atoms with Crippen LogP contribution in [0.3, 0.4) is 0 Å². The fourth-order valence-corrected chi connectivity index (χ4v) is 4.26. The van der Waals surface area contributed by atoms with E-state index in [9.17, 15) is 4.79 Å². The average Bonchev–Trinajstić information content (AvgIpc) is 3.15. The molecular weight excluding hydrogens is 444 g/mol. The number of amides is 1. The van der Waals surface area contributed by atoms with Crippen LogP contribution in [0.15, 0.2) is 65.0 Å². The number of carbonyl (C=O) groups excluding carboxylic acids is 1. The van der Waals surface area contributed by atoms with Crippen LogP contribution in [0.1, 0.15) is 34.6 Å². The van der Waals surface area contributed by atoms with Crippen molar-refractivity contribution in [2.75, 3.05) is 48.4 Å². The van der Waals surface area contributed by atoms with Gasteiger partial charge in [0.05, 0.1) is 18.9 Å². The summed E-state index contributed by atoms with van der Waals surface area (Å²) < 4.78 is 12.4. The van der Waals surface area contributed by atoms with Crippen LogP contribution >= 0.6 is 0 Å². The van der Waals surface area contributed by atoms with E-state index in [0.717, 1.165) is 22.6 Å². The van der Waals surface area contributed by atoms with Gasteiger partial charge in [-0.25, -0.2) is 15.0 Å². The molecule has 2 aliphatic heterocycles. The van der Waals surface area contributed by atoms with Crippen molar-refractivity contribution in [3.8, 4) is 5.75 Å². The number of benzene rings is 2. The van der Waals surface area contributed by atoms with Crippen LogP contribution in [0.4, 0.5) is 0 Å². The number of likely N-dealkylation sites (N-methyl/N-ethyl adjacent to an activating group) is 2. The van der Waals surface area contributed by atoms with Gasteiger partial charge in [0.1, 0.15) is 17.3 Å². The SMILES string of the molecule is CCOc1ccccc1C1OC(C2=C(N)N(C)CC(c3ccc(C(=O)N(C)C)cc3)=N2)N(C)N1C. The van der Waals surface area contributed by atoms with Crippen molar-refractivity contribution in [3.63, 3.8) is 0 Å². The zero-order chi connectivity index (χ0) is 25.3. The summed E-state index contributed by atoms with van der Waals surface area (Å²) in [7, 11) is 9.35. The van der Waals surface area contributed by atoms with E-state index in [4.69, 9.17) is 20.2 Å². The highest BCUT2D eigenvalue weighted by molar-refractivity contribution is 6.04. The third kappa shape index (κ3) is 4.75. The lowest BCUT2D eigenvalue weighted by Crippen LogP contribution is -2.42. The first-order valence-corrected chi connectivity index (χ1v) is 11.7. The third-order valence-electron chi connectivity index (χ3n) is 6.34. The van der Waals surface area contributed by atoms with Crippen molar-refractivity contribution in [1.82, 2.24) is 19.8 Å². The summed E-state index contributed by atoms with van der Waals surface area (Å²) in [6.45, 7) is 3.09. The van der Waals surface area contributed by atoms with E-state index in [1.807, 2.05) is 91.5 Å². The molecule has 4 rings (SSSR count). The quantitative estimate of drug-likeness (QED) is 0.683. The zero-order valence-corrected chi connectivity index (χ0v) is 21.2. The molecule has 0 aromatic heterocycles. The second kappa shape index (κ2) is 10.1. The van der Waals surface area contributed by atoms with Gasteiger partial charge in [-0.2, -0.15) is 0 Å². The maximum absolute atomic E-state index is 12.3. The van der Waals surface area contributed by atoms with Crippen molar-refractivity contribution >= 4 is 11.6 Å². The number of carbonyl (C=O) groups is 1. The van der Waals surface area contributed by atoms with E-state index >= 15 is 0 Å². The van der Waals surface area contributed by atoms with Gasteiger partial charge in [-0.15, -0.1) is 0 Å². The molecule has 0 bridgehead atoms. The number of ether oxygens (including phenoxy) is 2. The van der Waals surface area contributed by atoms with E-state index < -0.39 is 6.23 Å². The van der Waals surface area contributed by atoms with Crippen LogP contribution in [-0.2, 0) is 4.74 Å². The van der Waals surface area contributed by atoms with E-state index in [2.05, 4.69) is 0 Å². The van der Waals surface area contributed by atoms with Crippen molar-refractivity contribution in [3.05, 3.63) is 76.7 Å². The van der Waals surface area contributed by atoms with Crippen molar-refractivity contribution < 1.29 is 14.3 Å². The van der Waals surface area contributed by atoms with Gasteiger partial charge in [0.15, 0.2) is 12.5 Å². The lowest BCUT2D eigenvalue weighted by atomic mass is 10.0. The van der Waals surface area contributed by atoms with Crippen LogP contribution in [0.25, 0.3) is 0 Å². The second-order valence-corrected chi connectivity index (χ2v) is 8.92.